The van der Waals surface area contributed by atoms with Crippen molar-refractivity contribution in [3.8, 4) is 0 Å². The minimum Gasteiger partial charge on any atom is -0.365 e. The summed E-state index contributed by atoms with van der Waals surface area (Å²) < 4.78 is 0. The van der Waals surface area contributed by atoms with E-state index < -0.39 is 0 Å². The summed E-state index contributed by atoms with van der Waals surface area (Å²) in [5.41, 5.74) is 3.65. The number of halogens is 1. The van der Waals surface area contributed by atoms with E-state index in [2.05, 4.69) is 44.9 Å². The van der Waals surface area contributed by atoms with Crippen LogP contribution >= 0.6 is 11.6 Å². The third-order valence-electron chi connectivity index (χ3n) is 3.87. The predicted molar refractivity (Wildman–Crippen MR) is 102 cm³/mol. The van der Waals surface area contributed by atoms with Gasteiger partial charge >= 0.3 is 0 Å². The third kappa shape index (κ3) is 5.16. The van der Waals surface area contributed by atoms with E-state index in [1.807, 2.05) is 36.4 Å². The Kier molecular flexibility index (Phi) is 5.80. The van der Waals surface area contributed by atoms with Crippen molar-refractivity contribution in [2.45, 2.75) is 19.9 Å². The highest BCUT2D eigenvalue weighted by atomic mass is 35.5. The zero-order valence-corrected chi connectivity index (χ0v) is 14.8. The molecule has 0 aliphatic heterocycles. The fourth-order valence-corrected chi connectivity index (χ4v) is 2.68. The number of hydrogen-bond donors (Lipinski definition) is 2. The van der Waals surface area contributed by atoms with Gasteiger partial charge in [-0.1, -0.05) is 48.0 Å². The number of anilines is 2. The summed E-state index contributed by atoms with van der Waals surface area (Å²) in [5.74, 6) is 1.21. The minimum absolute atomic E-state index is 0.511. The number of aromatic nitrogens is 3. The van der Waals surface area contributed by atoms with Gasteiger partial charge in [0.1, 0.15) is 0 Å². The standard InChI is InChI=1S/C19H20ClN5/c1-14-5-2-3-7-16(14)12-22-18-13-23-25-19(24-18)21-10-9-15-6-4-8-17(20)11-15/h2-8,11,13H,9-10,12H2,1H3,(H2,21,22,24,25). The normalized spacial score (nSPS) is 10.5. The van der Waals surface area contributed by atoms with Crippen molar-refractivity contribution in [2.75, 3.05) is 17.2 Å². The summed E-state index contributed by atoms with van der Waals surface area (Å²) in [7, 11) is 0. The van der Waals surface area contributed by atoms with Crippen molar-refractivity contribution >= 4 is 23.4 Å². The van der Waals surface area contributed by atoms with E-state index in [0.29, 0.717) is 24.9 Å². The van der Waals surface area contributed by atoms with Crippen molar-refractivity contribution in [3.05, 3.63) is 76.4 Å². The van der Waals surface area contributed by atoms with Crippen molar-refractivity contribution in [1.29, 1.82) is 0 Å². The van der Waals surface area contributed by atoms with Gasteiger partial charge in [0.2, 0.25) is 5.95 Å². The summed E-state index contributed by atoms with van der Waals surface area (Å²) >= 11 is 5.99. The van der Waals surface area contributed by atoms with Gasteiger partial charge in [-0.25, -0.2) is 0 Å². The van der Waals surface area contributed by atoms with E-state index in [1.54, 1.807) is 6.20 Å². The molecule has 6 heteroatoms. The van der Waals surface area contributed by atoms with Crippen LogP contribution in [0, 0.1) is 6.92 Å². The quantitative estimate of drug-likeness (QED) is 0.669. The van der Waals surface area contributed by atoms with Crippen LogP contribution < -0.4 is 10.6 Å². The second-order valence-electron chi connectivity index (χ2n) is 5.75. The first-order chi connectivity index (χ1) is 12.2. The summed E-state index contributed by atoms with van der Waals surface area (Å²) in [6, 6.07) is 16.1. The molecule has 1 heterocycles. The molecule has 0 radical (unpaired) electrons. The topological polar surface area (TPSA) is 62.7 Å². The van der Waals surface area contributed by atoms with Crippen molar-refractivity contribution < 1.29 is 0 Å². The first-order valence-electron chi connectivity index (χ1n) is 8.17. The lowest BCUT2D eigenvalue weighted by atomic mass is 10.1. The first-order valence-corrected chi connectivity index (χ1v) is 8.55. The Hall–Kier alpha value is -2.66. The van der Waals surface area contributed by atoms with Gasteiger partial charge in [-0.15, -0.1) is 5.10 Å². The molecule has 0 aliphatic carbocycles. The van der Waals surface area contributed by atoms with Gasteiger partial charge in [0.15, 0.2) is 5.82 Å². The molecule has 0 amide bonds. The lowest BCUT2D eigenvalue weighted by molar-refractivity contribution is 0.920. The first kappa shape index (κ1) is 17.2. The molecule has 3 rings (SSSR count). The van der Waals surface area contributed by atoms with E-state index in [1.165, 1.54) is 16.7 Å². The van der Waals surface area contributed by atoms with E-state index in [4.69, 9.17) is 11.6 Å². The van der Waals surface area contributed by atoms with Gasteiger partial charge in [0.25, 0.3) is 0 Å². The van der Waals surface area contributed by atoms with Gasteiger partial charge in [-0.2, -0.15) is 10.1 Å². The number of benzene rings is 2. The highest BCUT2D eigenvalue weighted by Crippen LogP contribution is 2.12. The highest BCUT2D eigenvalue weighted by molar-refractivity contribution is 6.30. The number of aryl methyl sites for hydroxylation is 1. The molecule has 25 heavy (non-hydrogen) atoms. The Morgan fingerprint density at radius 2 is 1.92 bits per heavy atom. The van der Waals surface area contributed by atoms with Crippen LogP contribution in [0.3, 0.4) is 0 Å². The molecule has 0 bridgehead atoms. The SMILES string of the molecule is Cc1ccccc1CNc1cnnc(NCCc2cccc(Cl)c2)n1. The Bertz CT molecular complexity index is 837. The minimum atomic E-state index is 0.511. The molecule has 2 aromatic carbocycles. The van der Waals surface area contributed by atoms with Gasteiger partial charge in [-0.05, 0) is 42.2 Å². The molecule has 0 unspecified atom stereocenters. The van der Waals surface area contributed by atoms with Crippen LogP contribution in [0.4, 0.5) is 11.8 Å². The lowest BCUT2D eigenvalue weighted by Crippen LogP contribution is -2.11. The van der Waals surface area contributed by atoms with Crippen LogP contribution in [0.15, 0.2) is 54.7 Å². The fourth-order valence-electron chi connectivity index (χ4n) is 2.47. The summed E-state index contributed by atoms with van der Waals surface area (Å²) in [5, 5.41) is 15.3. The summed E-state index contributed by atoms with van der Waals surface area (Å²) in [6.45, 7) is 3.51. The van der Waals surface area contributed by atoms with Crippen molar-refractivity contribution in [1.82, 2.24) is 15.2 Å². The number of nitrogens with one attached hydrogen (secondary N) is 2. The van der Waals surface area contributed by atoms with Crippen molar-refractivity contribution in [3.63, 3.8) is 0 Å². The second-order valence-corrected chi connectivity index (χ2v) is 6.19. The molecule has 5 nitrogen and oxygen atoms in total. The van der Waals surface area contributed by atoms with Crippen LogP contribution in [-0.4, -0.2) is 21.7 Å². The van der Waals surface area contributed by atoms with Crippen LogP contribution in [0.25, 0.3) is 0 Å². The average molecular weight is 354 g/mol. The Balaban J connectivity index is 1.53. The van der Waals surface area contributed by atoms with Crippen LogP contribution in [0.2, 0.25) is 5.02 Å². The van der Waals surface area contributed by atoms with E-state index >= 15 is 0 Å². The van der Waals surface area contributed by atoms with Crippen molar-refractivity contribution in [2.24, 2.45) is 0 Å². The lowest BCUT2D eigenvalue weighted by Gasteiger charge is -2.09. The maximum Gasteiger partial charge on any atom is 0.244 e. The Morgan fingerprint density at radius 3 is 2.76 bits per heavy atom. The largest absolute Gasteiger partial charge is 0.365 e. The molecule has 0 saturated heterocycles. The molecule has 128 valence electrons. The molecule has 1 aromatic heterocycles. The molecular weight excluding hydrogens is 334 g/mol. The van der Waals surface area contributed by atoms with Crippen LogP contribution in [0.1, 0.15) is 16.7 Å². The second kappa shape index (κ2) is 8.44. The van der Waals surface area contributed by atoms with Gasteiger partial charge in [0.05, 0.1) is 6.20 Å². The Morgan fingerprint density at radius 1 is 1.04 bits per heavy atom. The predicted octanol–water partition coefficient (Wildman–Crippen LogP) is 4.10. The highest BCUT2D eigenvalue weighted by Gasteiger charge is 2.02. The third-order valence-corrected chi connectivity index (χ3v) is 4.10. The number of rotatable bonds is 7. The van der Waals surface area contributed by atoms with E-state index in [-0.39, 0.29) is 0 Å². The number of hydrogen-bond acceptors (Lipinski definition) is 5. The maximum absolute atomic E-state index is 5.99. The molecule has 0 atom stereocenters. The molecule has 3 aromatic rings. The van der Waals surface area contributed by atoms with Crippen LogP contribution in [-0.2, 0) is 13.0 Å². The molecule has 0 spiro atoms. The monoisotopic (exact) mass is 353 g/mol. The summed E-state index contributed by atoms with van der Waals surface area (Å²) in [4.78, 5) is 4.44. The van der Waals surface area contributed by atoms with Gasteiger partial charge < -0.3 is 10.6 Å². The van der Waals surface area contributed by atoms with Crippen LogP contribution in [0.5, 0.6) is 0 Å². The number of nitrogens with zero attached hydrogens (tertiary/aromatic N) is 3. The fraction of sp³-hybridized carbons (Fsp3) is 0.211. The zero-order chi connectivity index (χ0) is 17.5. The van der Waals surface area contributed by atoms with E-state index in [9.17, 15) is 0 Å². The molecular formula is C19H20ClN5. The maximum atomic E-state index is 5.99. The molecule has 2 N–H and O–H groups in total. The van der Waals surface area contributed by atoms with E-state index in [0.717, 1.165) is 11.4 Å². The van der Waals surface area contributed by atoms with Gasteiger partial charge in [0, 0.05) is 18.1 Å². The van der Waals surface area contributed by atoms with Gasteiger partial charge in [-0.3, -0.25) is 0 Å². The smallest absolute Gasteiger partial charge is 0.244 e. The molecule has 0 aliphatic rings. The Labute approximate surface area is 152 Å². The molecule has 0 saturated carbocycles. The summed E-state index contributed by atoms with van der Waals surface area (Å²) in [6.07, 6.45) is 2.46. The zero-order valence-electron chi connectivity index (χ0n) is 14.0. The average Bonchev–Trinajstić information content (AvgIpc) is 2.62. The molecule has 0 fully saturated rings.